The molecule has 282 valence electrons. The van der Waals surface area contributed by atoms with Crippen molar-refractivity contribution < 1.29 is 42.9 Å². The van der Waals surface area contributed by atoms with Gasteiger partial charge in [-0.25, -0.2) is 4.79 Å². The fourth-order valence-corrected chi connectivity index (χ4v) is 4.65. The van der Waals surface area contributed by atoms with E-state index in [9.17, 15) is 19.5 Å². The molecule has 0 aromatic rings. The van der Waals surface area contributed by atoms with Crippen LogP contribution >= 0.6 is 0 Å². The number of ether oxygens (including phenoxy) is 4. The molecule has 0 aromatic carbocycles. The van der Waals surface area contributed by atoms with Crippen molar-refractivity contribution in [3.05, 3.63) is 48.6 Å². The Hall–Kier alpha value is -2.75. The van der Waals surface area contributed by atoms with Gasteiger partial charge in [-0.15, -0.1) is 0 Å². The summed E-state index contributed by atoms with van der Waals surface area (Å²) in [5.74, 6) is -2.06. The van der Waals surface area contributed by atoms with Gasteiger partial charge in [0.15, 0.2) is 6.10 Å². The van der Waals surface area contributed by atoms with E-state index in [-0.39, 0.29) is 32.2 Å². The number of likely N-dealkylation sites (N-methyl/N-ethyl adjacent to an activating group) is 1. The summed E-state index contributed by atoms with van der Waals surface area (Å²) in [6.07, 6.45) is 31.9. The van der Waals surface area contributed by atoms with Crippen LogP contribution in [0.4, 0.5) is 0 Å². The van der Waals surface area contributed by atoms with Gasteiger partial charge in [-0.2, -0.15) is 0 Å². The number of allylic oxidation sites excluding steroid dienone is 8. The summed E-state index contributed by atoms with van der Waals surface area (Å²) in [5.41, 5.74) is 0. The van der Waals surface area contributed by atoms with Crippen molar-refractivity contribution >= 4 is 17.9 Å². The average Bonchev–Trinajstić information content (AvgIpc) is 3.05. The molecule has 0 aliphatic heterocycles. The zero-order valence-electron chi connectivity index (χ0n) is 31.6. The van der Waals surface area contributed by atoms with Gasteiger partial charge in [0.25, 0.3) is 6.29 Å². The van der Waals surface area contributed by atoms with E-state index in [1.165, 1.54) is 25.7 Å². The van der Waals surface area contributed by atoms with Crippen LogP contribution in [0.5, 0.6) is 0 Å². The van der Waals surface area contributed by atoms with Gasteiger partial charge in [-0.05, 0) is 51.4 Å². The van der Waals surface area contributed by atoms with Crippen LogP contribution < -0.4 is 0 Å². The van der Waals surface area contributed by atoms with Crippen LogP contribution in [0, 0.1) is 0 Å². The first-order chi connectivity index (χ1) is 23.6. The number of rotatable bonds is 33. The number of hydrogen-bond donors (Lipinski definition) is 1. The topological polar surface area (TPSA) is 108 Å². The monoisotopic (exact) mass is 693 g/mol. The number of carboxylic acids is 1. The number of nitrogens with zero attached hydrogens (tertiary/aromatic N) is 1. The average molecular weight is 693 g/mol. The third-order valence-corrected chi connectivity index (χ3v) is 7.60. The first-order valence-electron chi connectivity index (χ1n) is 18.8. The van der Waals surface area contributed by atoms with E-state index >= 15 is 0 Å². The predicted octanol–water partition coefficient (Wildman–Crippen LogP) is 8.88. The van der Waals surface area contributed by atoms with Crippen molar-refractivity contribution in [1.82, 2.24) is 0 Å². The highest BCUT2D eigenvalue weighted by Crippen LogP contribution is 2.12. The van der Waals surface area contributed by atoms with Crippen molar-refractivity contribution in [2.24, 2.45) is 0 Å². The Morgan fingerprint density at radius 1 is 0.633 bits per heavy atom. The van der Waals surface area contributed by atoms with Gasteiger partial charge in [0, 0.05) is 12.8 Å². The number of carbonyl (C=O) groups excluding carboxylic acids is 2. The van der Waals surface area contributed by atoms with E-state index in [0.717, 1.165) is 70.6 Å². The molecule has 0 aromatic heterocycles. The van der Waals surface area contributed by atoms with Crippen molar-refractivity contribution in [2.45, 2.75) is 142 Å². The molecule has 2 atom stereocenters. The second kappa shape index (κ2) is 32.5. The Bertz CT molecular complexity index is 950. The summed E-state index contributed by atoms with van der Waals surface area (Å²) in [5, 5.41) is 9.56. The maximum Gasteiger partial charge on any atom is 0.361 e. The first-order valence-corrected chi connectivity index (χ1v) is 18.8. The first kappa shape index (κ1) is 46.2. The molecule has 0 rings (SSSR count). The largest absolute Gasteiger partial charge is 0.477 e. The molecule has 0 amide bonds. The quantitative estimate of drug-likeness (QED) is 0.0239. The maximum atomic E-state index is 12.6. The molecule has 9 heteroatoms. The Balaban J connectivity index is 4.55. The van der Waals surface area contributed by atoms with Crippen molar-refractivity contribution in [2.75, 3.05) is 47.5 Å². The summed E-state index contributed by atoms with van der Waals surface area (Å²) < 4.78 is 22.5. The van der Waals surface area contributed by atoms with Crippen molar-refractivity contribution in [1.29, 1.82) is 0 Å². The van der Waals surface area contributed by atoms with E-state index in [2.05, 4.69) is 62.5 Å². The third-order valence-electron chi connectivity index (χ3n) is 7.60. The molecule has 9 nitrogen and oxygen atoms in total. The van der Waals surface area contributed by atoms with E-state index in [4.69, 9.17) is 18.9 Å². The number of carboxylic acid groups (broad SMARTS) is 1. The molecular formula is C40H70NO8+. The minimum Gasteiger partial charge on any atom is -0.477 e. The number of aliphatic carboxylic acids is 1. The lowest BCUT2D eigenvalue weighted by atomic mass is 10.1. The van der Waals surface area contributed by atoms with E-state index in [1.807, 2.05) is 21.1 Å². The van der Waals surface area contributed by atoms with Crippen LogP contribution in [0.25, 0.3) is 0 Å². The zero-order valence-corrected chi connectivity index (χ0v) is 31.6. The van der Waals surface area contributed by atoms with Crippen LogP contribution in [0.15, 0.2) is 48.6 Å². The standard InChI is InChI=1S/C40H69NO8/c1-6-8-10-12-14-15-16-17-18-19-20-21-22-23-25-27-29-31-38(43)49-36(34-47-37(42)30-28-26-24-13-11-9-7-2)35-48-40(39(44)45)46-33-32-41(3,4)5/h8,10,14-15,17-18,20-21,36,40H,6-7,9,11-13,16,19,22-35H2,1-5H3/p+1/b10-8-,15-14-,18-17-,21-20-. The molecule has 0 bridgehead atoms. The molecule has 0 spiro atoms. The molecule has 49 heavy (non-hydrogen) atoms. The summed E-state index contributed by atoms with van der Waals surface area (Å²) >= 11 is 0. The highest BCUT2D eigenvalue weighted by Gasteiger charge is 2.25. The maximum absolute atomic E-state index is 12.6. The van der Waals surface area contributed by atoms with Crippen molar-refractivity contribution in [3.8, 4) is 0 Å². The lowest BCUT2D eigenvalue weighted by molar-refractivity contribution is -0.870. The summed E-state index contributed by atoms with van der Waals surface area (Å²) in [6.45, 7) is 4.64. The molecule has 1 N–H and O–H groups in total. The number of esters is 2. The minimum absolute atomic E-state index is 0.181. The van der Waals surface area contributed by atoms with Gasteiger partial charge >= 0.3 is 17.9 Å². The lowest BCUT2D eigenvalue weighted by Crippen LogP contribution is -2.40. The number of quaternary nitrogens is 1. The van der Waals surface area contributed by atoms with Crippen LogP contribution in [-0.2, 0) is 33.3 Å². The van der Waals surface area contributed by atoms with Gasteiger partial charge in [-0.1, -0.05) is 114 Å². The SMILES string of the molecule is CC/C=C\C/C=C\C/C=C\C/C=C\CCCCCCC(=O)OC(COC(=O)CCCCCCCCC)COC(OCC[N+](C)(C)C)C(=O)O. The van der Waals surface area contributed by atoms with Gasteiger partial charge in [0.1, 0.15) is 13.2 Å². The minimum atomic E-state index is -1.51. The molecule has 0 saturated carbocycles. The van der Waals surface area contributed by atoms with Crippen LogP contribution in [0.2, 0.25) is 0 Å². The van der Waals surface area contributed by atoms with Crippen LogP contribution in [0.1, 0.15) is 129 Å². The van der Waals surface area contributed by atoms with E-state index < -0.39 is 24.3 Å². The molecule has 0 saturated heterocycles. The molecule has 0 radical (unpaired) electrons. The Labute approximate surface area is 298 Å². The molecule has 0 fully saturated rings. The van der Waals surface area contributed by atoms with E-state index in [0.29, 0.717) is 23.9 Å². The molecule has 0 aliphatic carbocycles. The number of carbonyl (C=O) groups is 3. The van der Waals surface area contributed by atoms with Gasteiger partial charge in [0.05, 0.1) is 34.4 Å². The molecule has 0 heterocycles. The Kier molecular flexibility index (Phi) is 30.6. The fraction of sp³-hybridized carbons (Fsp3) is 0.725. The zero-order chi connectivity index (χ0) is 36.4. The second-order valence-electron chi connectivity index (χ2n) is 13.5. The van der Waals surface area contributed by atoms with E-state index in [1.54, 1.807) is 0 Å². The van der Waals surface area contributed by atoms with Gasteiger partial charge < -0.3 is 28.5 Å². The Morgan fingerprint density at radius 3 is 1.73 bits per heavy atom. The van der Waals surface area contributed by atoms with Gasteiger partial charge in [0.2, 0.25) is 0 Å². The highest BCUT2D eigenvalue weighted by molar-refractivity contribution is 5.71. The van der Waals surface area contributed by atoms with Crippen LogP contribution in [0.3, 0.4) is 0 Å². The smallest absolute Gasteiger partial charge is 0.361 e. The Morgan fingerprint density at radius 2 is 1.16 bits per heavy atom. The molecule has 0 aliphatic rings. The fourth-order valence-electron chi connectivity index (χ4n) is 4.65. The molecule has 2 unspecified atom stereocenters. The summed E-state index contributed by atoms with van der Waals surface area (Å²) in [7, 11) is 5.92. The van der Waals surface area contributed by atoms with Gasteiger partial charge in [-0.3, -0.25) is 9.59 Å². The van der Waals surface area contributed by atoms with Crippen molar-refractivity contribution in [3.63, 3.8) is 0 Å². The summed E-state index contributed by atoms with van der Waals surface area (Å²) in [4.78, 5) is 36.7. The summed E-state index contributed by atoms with van der Waals surface area (Å²) in [6, 6.07) is 0. The predicted molar refractivity (Wildman–Crippen MR) is 198 cm³/mol. The molecular weight excluding hydrogens is 622 g/mol. The van der Waals surface area contributed by atoms with Crippen LogP contribution in [-0.4, -0.2) is 87.4 Å². The lowest BCUT2D eigenvalue weighted by Gasteiger charge is -2.25. The number of unbranched alkanes of at least 4 members (excludes halogenated alkanes) is 10. The second-order valence-corrected chi connectivity index (χ2v) is 13.5. The highest BCUT2D eigenvalue weighted by atomic mass is 16.7. The third kappa shape index (κ3) is 33.5. The normalized spacial score (nSPS) is 13.6. The number of hydrogen-bond acceptors (Lipinski definition) is 7.